The molecule has 0 aliphatic carbocycles. The number of morpholine rings is 1. The molecule has 5 nitrogen and oxygen atoms in total. The SMILES string of the molecule is O=C(COCc1ccccc1)N1CCOC(COc2ccc(F)cc2)C1. The van der Waals surface area contributed by atoms with Crippen LogP contribution in [0.1, 0.15) is 5.56 Å². The Morgan fingerprint density at radius 1 is 1.15 bits per heavy atom. The standard InChI is InChI=1S/C20H22FNO4/c21-17-6-8-18(9-7-17)26-14-19-12-22(10-11-25-19)20(23)15-24-13-16-4-2-1-3-5-16/h1-9,19H,10-15H2. The Labute approximate surface area is 152 Å². The van der Waals surface area contributed by atoms with Crippen LogP contribution in [0.2, 0.25) is 0 Å². The summed E-state index contributed by atoms with van der Waals surface area (Å²) in [7, 11) is 0. The molecule has 138 valence electrons. The van der Waals surface area contributed by atoms with Crippen molar-refractivity contribution >= 4 is 5.91 Å². The third-order valence-electron chi connectivity index (χ3n) is 4.08. The van der Waals surface area contributed by atoms with Crippen LogP contribution in [0.5, 0.6) is 5.75 Å². The van der Waals surface area contributed by atoms with Crippen molar-refractivity contribution in [1.82, 2.24) is 4.90 Å². The Hall–Kier alpha value is -2.44. The van der Waals surface area contributed by atoms with Crippen molar-refractivity contribution < 1.29 is 23.4 Å². The minimum atomic E-state index is -0.307. The largest absolute Gasteiger partial charge is 0.491 e. The van der Waals surface area contributed by atoms with Crippen LogP contribution in [0.15, 0.2) is 54.6 Å². The van der Waals surface area contributed by atoms with Gasteiger partial charge in [-0.15, -0.1) is 0 Å². The molecule has 26 heavy (non-hydrogen) atoms. The molecule has 0 bridgehead atoms. The first kappa shape index (κ1) is 18.4. The maximum absolute atomic E-state index is 12.9. The highest BCUT2D eigenvalue weighted by Gasteiger charge is 2.24. The zero-order valence-electron chi connectivity index (χ0n) is 14.5. The molecule has 2 aromatic carbocycles. The highest BCUT2D eigenvalue weighted by molar-refractivity contribution is 5.77. The first-order chi connectivity index (χ1) is 12.7. The van der Waals surface area contributed by atoms with Crippen LogP contribution in [-0.2, 0) is 20.9 Å². The number of amides is 1. The van der Waals surface area contributed by atoms with Gasteiger partial charge in [0.25, 0.3) is 0 Å². The van der Waals surface area contributed by atoms with Gasteiger partial charge in [-0.25, -0.2) is 4.39 Å². The lowest BCUT2D eigenvalue weighted by molar-refractivity contribution is -0.145. The summed E-state index contributed by atoms with van der Waals surface area (Å²) in [5.41, 5.74) is 1.04. The van der Waals surface area contributed by atoms with Gasteiger partial charge in [-0.1, -0.05) is 30.3 Å². The molecule has 6 heteroatoms. The van der Waals surface area contributed by atoms with E-state index in [0.717, 1.165) is 5.56 Å². The average molecular weight is 359 g/mol. The number of carbonyl (C=O) groups excluding carboxylic acids is 1. The molecule has 1 unspecified atom stereocenters. The topological polar surface area (TPSA) is 48.0 Å². The van der Waals surface area contributed by atoms with E-state index < -0.39 is 0 Å². The van der Waals surface area contributed by atoms with Gasteiger partial charge < -0.3 is 19.1 Å². The van der Waals surface area contributed by atoms with Crippen molar-refractivity contribution in [3.05, 3.63) is 66.0 Å². The van der Waals surface area contributed by atoms with Gasteiger partial charge in [0.1, 0.15) is 30.9 Å². The van der Waals surface area contributed by atoms with E-state index in [-0.39, 0.29) is 24.4 Å². The Bertz CT molecular complexity index is 693. The molecule has 1 saturated heterocycles. The van der Waals surface area contributed by atoms with E-state index in [1.165, 1.54) is 12.1 Å². The van der Waals surface area contributed by atoms with Crippen LogP contribution in [-0.4, -0.2) is 49.8 Å². The third kappa shape index (κ3) is 5.54. The minimum Gasteiger partial charge on any atom is -0.491 e. The molecular weight excluding hydrogens is 337 g/mol. The molecule has 1 aliphatic heterocycles. The van der Waals surface area contributed by atoms with Gasteiger partial charge in [0, 0.05) is 6.54 Å². The second-order valence-corrected chi connectivity index (χ2v) is 6.08. The lowest BCUT2D eigenvalue weighted by Gasteiger charge is -2.32. The maximum Gasteiger partial charge on any atom is 0.248 e. The van der Waals surface area contributed by atoms with Gasteiger partial charge in [0.2, 0.25) is 5.91 Å². The number of hydrogen-bond donors (Lipinski definition) is 0. The number of halogens is 1. The normalized spacial score (nSPS) is 17.1. The zero-order chi connectivity index (χ0) is 18.2. The number of carbonyl (C=O) groups is 1. The van der Waals surface area contributed by atoms with Crippen LogP contribution in [0.25, 0.3) is 0 Å². The van der Waals surface area contributed by atoms with Crippen molar-refractivity contribution in [3.8, 4) is 5.75 Å². The highest BCUT2D eigenvalue weighted by Crippen LogP contribution is 2.13. The zero-order valence-corrected chi connectivity index (χ0v) is 14.5. The molecule has 1 amide bonds. The van der Waals surface area contributed by atoms with Crippen molar-refractivity contribution in [3.63, 3.8) is 0 Å². The van der Waals surface area contributed by atoms with E-state index in [0.29, 0.717) is 38.7 Å². The summed E-state index contributed by atoms with van der Waals surface area (Å²) in [5.74, 6) is 0.208. The Morgan fingerprint density at radius 2 is 1.92 bits per heavy atom. The first-order valence-electron chi connectivity index (χ1n) is 8.60. The van der Waals surface area contributed by atoms with Gasteiger partial charge in [-0.3, -0.25) is 4.79 Å². The molecule has 1 heterocycles. The summed E-state index contributed by atoms with van der Waals surface area (Å²) in [5, 5.41) is 0. The third-order valence-corrected chi connectivity index (χ3v) is 4.08. The molecule has 0 spiro atoms. The molecule has 1 aliphatic rings. The molecule has 1 atom stereocenters. The van der Waals surface area contributed by atoms with Gasteiger partial charge in [0.05, 0.1) is 19.8 Å². The van der Waals surface area contributed by atoms with Crippen LogP contribution >= 0.6 is 0 Å². The van der Waals surface area contributed by atoms with Gasteiger partial charge in [0.15, 0.2) is 0 Å². The number of nitrogens with zero attached hydrogens (tertiary/aromatic N) is 1. The lowest BCUT2D eigenvalue weighted by atomic mass is 10.2. The molecule has 2 aromatic rings. The number of rotatable bonds is 7. The second kappa shape index (κ2) is 9.31. The number of ether oxygens (including phenoxy) is 3. The monoisotopic (exact) mass is 359 g/mol. The van der Waals surface area contributed by atoms with Crippen LogP contribution in [0.4, 0.5) is 4.39 Å². The van der Waals surface area contributed by atoms with E-state index in [9.17, 15) is 9.18 Å². The quantitative estimate of drug-likeness (QED) is 0.763. The molecule has 0 aromatic heterocycles. The summed E-state index contributed by atoms with van der Waals surface area (Å²) in [6, 6.07) is 15.6. The van der Waals surface area contributed by atoms with Crippen molar-refractivity contribution in [1.29, 1.82) is 0 Å². The van der Waals surface area contributed by atoms with Crippen molar-refractivity contribution in [2.45, 2.75) is 12.7 Å². The van der Waals surface area contributed by atoms with E-state index >= 15 is 0 Å². The molecular formula is C20H22FNO4. The molecule has 0 radical (unpaired) electrons. The summed E-state index contributed by atoms with van der Waals surface area (Å²) in [4.78, 5) is 14.0. The minimum absolute atomic E-state index is 0.0421. The second-order valence-electron chi connectivity index (χ2n) is 6.08. The maximum atomic E-state index is 12.9. The van der Waals surface area contributed by atoms with E-state index in [1.54, 1.807) is 17.0 Å². The van der Waals surface area contributed by atoms with Crippen molar-refractivity contribution in [2.24, 2.45) is 0 Å². The van der Waals surface area contributed by atoms with E-state index in [4.69, 9.17) is 14.2 Å². The van der Waals surface area contributed by atoms with Gasteiger partial charge in [-0.05, 0) is 29.8 Å². The van der Waals surface area contributed by atoms with Crippen LogP contribution in [0.3, 0.4) is 0 Å². The Morgan fingerprint density at radius 3 is 2.69 bits per heavy atom. The fourth-order valence-corrected chi connectivity index (χ4v) is 2.69. The Balaban J connectivity index is 1.40. The first-order valence-corrected chi connectivity index (χ1v) is 8.60. The predicted octanol–water partition coefficient (Wildman–Crippen LogP) is 2.65. The number of benzene rings is 2. The smallest absolute Gasteiger partial charge is 0.248 e. The molecule has 0 saturated carbocycles. The summed E-state index contributed by atoms with van der Waals surface area (Å²) in [6.07, 6.45) is -0.216. The highest BCUT2D eigenvalue weighted by atomic mass is 19.1. The van der Waals surface area contributed by atoms with E-state index in [1.807, 2.05) is 30.3 Å². The predicted molar refractivity (Wildman–Crippen MR) is 94.3 cm³/mol. The fourth-order valence-electron chi connectivity index (χ4n) is 2.69. The van der Waals surface area contributed by atoms with Crippen molar-refractivity contribution in [2.75, 3.05) is 32.9 Å². The summed E-state index contributed by atoms with van der Waals surface area (Å²) >= 11 is 0. The summed E-state index contributed by atoms with van der Waals surface area (Å²) in [6.45, 7) is 2.21. The average Bonchev–Trinajstić information content (AvgIpc) is 2.68. The van der Waals surface area contributed by atoms with E-state index in [2.05, 4.69) is 0 Å². The molecule has 1 fully saturated rings. The fraction of sp³-hybridized carbons (Fsp3) is 0.350. The number of hydrogen-bond acceptors (Lipinski definition) is 4. The van der Waals surface area contributed by atoms with Gasteiger partial charge in [-0.2, -0.15) is 0 Å². The Kier molecular flexibility index (Phi) is 6.57. The molecule has 0 N–H and O–H groups in total. The van der Waals surface area contributed by atoms with Crippen LogP contribution in [0, 0.1) is 5.82 Å². The molecule has 3 rings (SSSR count). The lowest BCUT2D eigenvalue weighted by Crippen LogP contribution is -2.48. The van der Waals surface area contributed by atoms with Gasteiger partial charge >= 0.3 is 0 Å². The summed E-state index contributed by atoms with van der Waals surface area (Å²) < 4.78 is 29.7. The van der Waals surface area contributed by atoms with Crippen LogP contribution < -0.4 is 4.74 Å².